The van der Waals surface area contributed by atoms with Gasteiger partial charge in [0.05, 0.1) is 25.3 Å². The van der Waals surface area contributed by atoms with E-state index in [0.29, 0.717) is 6.54 Å². The number of para-hydroxylation sites is 1. The second-order valence-corrected chi connectivity index (χ2v) is 5.36. The Kier molecular flexibility index (Phi) is 6.82. The molecule has 0 heterocycles. The van der Waals surface area contributed by atoms with Crippen molar-refractivity contribution in [1.82, 2.24) is 5.43 Å². The van der Waals surface area contributed by atoms with Gasteiger partial charge < -0.3 is 4.74 Å². The first kappa shape index (κ1) is 18.8. The van der Waals surface area contributed by atoms with Crippen LogP contribution in [-0.4, -0.2) is 25.3 Å². The smallest absolute Gasteiger partial charge is 0.372 e. The third-order valence-electron chi connectivity index (χ3n) is 3.25. The molecule has 2 rings (SSSR count). The number of anilines is 1. The normalized spacial score (nSPS) is 11.2. The van der Waals surface area contributed by atoms with Crippen molar-refractivity contribution < 1.29 is 22.7 Å². The first-order valence-electron chi connectivity index (χ1n) is 7.74. The van der Waals surface area contributed by atoms with E-state index in [1.54, 1.807) is 5.01 Å². The summed E-state index contributed by atoms with van der Waals surface area (Å²) in [5.74, 6) is -0.415. The summed E-state index contributed by atoms with van der Waals surface area (Å²) >= 11 is 0. The van der Waals surface area contributed by atoms with Crippen molar-refractivity contribution in [1.29, 1.82) is 0 Å². The molecule has 0 unspecified atom stereocenters. The van der Waals surface area contributed by atoms with Gasteiger partial charge in [0.25, 0.3) is 0 Å². The van der Waals surface area contributed by atoms with Crippen molar-refractivity contribution >= 4 is 11.6 Å². The molecule has 0 spiro atoms. The molecule has 2 aromatic rings. The number of rotatable bonds is 8. The van der Waals surface area contributed by atoms with Crippen LogP contribution in [0.4, 0.5) is 18.9 Å². The standard InChI is InChI=1S/C18H19F3N2O2/c19-18(20,21)14-25-12-11-17(24)22-23(16-9-5-2-6-10-16)13-15-7-3-1-4-8-15/h1-10H,11-14H2,(H,22,24). The molecule has 0 aliphatic rings. The lowest BCUT2D eigenvalue weighted by atomic mass is 10.2. The maximum atomic E-state index is 12.0. The van der Waals surface area contributed by atoms with Gasteiger partial charge in [0, 0.05) is 0 Å². The van der Waals surface area contributed by atoms with Crippen LogP contribution in [0.2, 0.25) is 0 Å². The number of hydrazine groups is 1. The lowest BCUT2D eigenvalue weighted by molar-refractivity contribution is -0.174. The Bertz CT molecular complexity index is 648. The topological polar surface area (TPSA) is 41.6 Å². The average molecular weight is 352 g/mol. The number of carbonyl (C=O) groups is 1. The van der Waals surface area contributed by atoms with E-state index in [1.165, 1.54) is 0 Å². The summed E-state index contributed by atoms with van der Waals surface area (Å²) in [6, 6.07) is 18.7. The molecule has 7 heteroatoms. The van der Waals surface area contributed by atoms with Gasteiger partial charge in [0.1, 0.15) is 6.61 Å². The lowest BCUT2D eigenvalue weighted by Gasteiger charge is -2.25. The number of ether oxygens (including phenoxy) is 1. The summed E-state index contributed by atoms with van der Waals surface area (Å²) in [7, 11) is 0. The molecule has 2 aromatic carbocycles. The number of hydrogen-bond acceptors (Lipinski definition) is 3. The zero-order chi connectivity index (χ0) is 18.1. The van der Waals surface area contributed by atoms with Crippen LogP contribution in [0.5, 0.6) is 0 Å². The average Bonchev–Trinajstić information content (AvgIpc) is 2.59. The Hall–Kier alpha value is -2.54. The quantitative estimate of drug-likeness (QED) is 0.582. The largest absolute Gasteiger partial charge is 0.411 e. The van der Waals surface area contributed by atoms with Gasteiger partial charge in [-0.1, -0.05) is 48.5 Å². The van der Waals surface area contributed by atoms with Crippen LogP contribution in [0.15, 0.2) is 60.7 Å². The van der Waals surface area contributed by atoms with Crippen LogP contribution < -0.4 is 10.4 Å². The Labute approximate surface area is 144 Å². The monoisotopic (exact) mass is 352 g/mol. The maximum absolute atomic E-state index is 12.0. The van der Waals surface area contributed by atoms with Gasteiger partial charge in [-0.3, -0.25) is 15.2 Å². The molecule has 0 fully saturated rings. The van der Waals surface area contributed by atoms with E-state index < -0.39 is 18.7 Å². The van der Waals surface area contributed by atoms with Crippen molar-refractivity contribution in [3.63, 3.8) is 0 Å². The van der Waals surface area contributed by atoms with E-state index >= 15 is 0 Å². The highest BCUT2D eigenvalue weighted by Crippen LogP contribution is 2.16. The summed E-state index contributed by atoms with van der Waals surface area (Å²) in [4.78, 5) is 12.0. The molecule has 0 aromatic heterocycles. The first-order valence-corrected chi connectivity index (χ1v) is 7.74. The van der Waals surface area contributed by atoms with Gasteiger partial charge in [0.2, 0.25) is 5.91 Å². The zero-order valence-corrected chi connectivity index (χ0v) is 13.5. The Morgan fingerprint density at radius 2 is 1.60 bits per heavy atom. The van der Waals surface area contributed by atoms with Gasteiger partial charge in [0.15, 0.2) is 0 Å². The minimum Gasteiger partial charge on any atom is -0.372 e. The van der Waals surface area contributed by atoms with Crippen molar-refractivity contribution in [2.24, 2.45) is 0 Å². The molecule has 25 heavy (non-hydrogen) atoms. The van der Waals surface area contributed by atoms with E-state index in [9.17, 15) is 18.0 Å². The van der Waals surface area contributed by atoms with Crippen molar-refractivity contribution in [3.05, 3.63) is 66.2 Å². The number of benzene rings is 2. The SMILES string of the molecule is O=C(CCOCC(F)(F)F)NN(Cc1ccccc1)c1ccccc1. The molecule has 134 valence electrons. The molecule has 1 N–H and O–H groups in total. The fraction of sp³-hybridized carbons (Fsp3) is 0.278. The minimum atomic E-state index is -4.39. The third-order valence-corrected chi connectivity index (χ3v) is 3.25. The minimum absolute atomic E-state index is 0.159. The second-order valence-electron chi connectivity index (χ2n) is 5.36. The molecule has 1 amide bonds. The summed E-state index contributed by atoms with van der Waals surface area (Å²) in [6.07, 6.45) is -4.55. The fourth-order valence-electron chi connectivity index (χ4n) is 2.13. The molecule has 0 radical (unpaired) electrons. The summed E-state index contributed by atoms with van der Waals surface area (Å²) < 4.78 is 40.5. The molecule has 0 saturated heterocycles. The number of nitrogens with one attached hydrogen (secondary N) is 1. The Morgan fingerprint density at radius 1 is 1.00 bits per heavy atom. The van der Waals surface area contributed by atoms with Gasteiger partial charge in [-0.25, -0.2) is 0 Å². The number of alkyl halides is 3. The third kappa shape index (κ3) is 7.26. The zero-order valence-electron chi connectivity index (χ0n) is 13.5. The highest BCUT2D eigenvalue weighted by atomic mass is 19.4. The predicted octanol–water partition coefficient (Wildman–Crippen LogP) is 3.69. The molecule has 0 aliphatic carbocycles. The number of amides is 1. The van der Waals surface area contributed by atoms with E-state index in [0.717, 1.165) is 11.3 Å². The van der Waals surface area contributed by atoms with Crippen LogP contribution in [0.1, 0.15) is 12.0 Å². The Morgan fingerprint density at radius 3 is 2.20 bits per heavy atom. The summed E-state index contributed by atoms with van der Waals surface area (Å²) in [6.45, 7) is -1.22. The first-order chi connectivity index (χ1) is 11.9. The van der Waals surface area contributed by atoms with E-state index in [1.807, 2.05) is 60.7 Å². The highest BCUT2D eigenvalue weighted by Gasteiger charge is 2.27. The van der Waals surface area contributed by atoms with E-state index in [4.69, 9.17) is 0 Å². The second kappa shape index (κ2) is 9.08. The molecule has 0 bridgehead atoms. The van der Waals surface area contributed by atoms with Crippen molar-refractivity contribution in [3.8, 4) is 0 Å². The van der Waals surface area contributed by atoms with Crippen molar-refractivity contribution in [2.45, 2.75) is 19.1 Å². The molecule has 4 nitrogen and oxygen atoms in total. The molecule has 0 saturated carbocycles. The fourth-order valence-corrected chi connectivity index (χ4v) is 2.13. The van der Waals surface area contributed by atoms with Crippen LogP contribution in [0, 0.1) is 0 Å². The molecular weight excluding hydrogens is 333 g/mol. The summed E-state index contributed by atoms with van der Waals surface area (Å²) in [5.41, 5.74) is 4.47. The van der Waals surface area contributed by atoms with Gasteiger partial charge >= 0.3 is 6.18 Å². The van der Waals surface area contributed by atoms with Gasteiger partial charge in [-0.2, -0.15) is 13.2 Å². The maximum Gasteiger partial charge on any atom is 0.411 e. The number of nitrogens with zero attached hydrogens (tertiary/aromatic N) is 1. The van der Waals surface area contributed by atoms with Gasteiger partial charge in [-0.05, 0) is 17.7 Å². The van der Waals surface area contributed by atoms with E-state index in [2.05, 4.69) is 10.2 Å². The number of hydrogen-bond donors (Lipinski definition) is 1. The molecular formula is C18H19F3N2O2. The van der Waals surface area contributed by atoms with Crippen LogP contribution in [0.25, 0.3) is 0 Å². The van der Waals surface area contributed by atoms with Crippen LogP contribution in [-0.2, 0) is 16.1 Å². The van der Waals surface area contributed by atoms with Gasteiger partial charge in [-0.15, -0.1) is 0 Å². The lowest BCUT2D eigenvalue weighted by Crippen LogP contribution is -2.42. The number of halogens is 3. The highest BCUT2D eigenvalue weighted by molar-refractivity contribution is 5.78. The van der Waals surface area contributed by atoms with Crippen LogP contribution >= 0.6 is 0 Å². The molecule has 0 aliphatic heterocycles. The Balaban J connectivity index is 1.93. The van der Waals surface area contributed by atoms with Crippen LogP contribution in [0.3, 0.4) is 0 Å². The summed E-state index contributed by atoms with van der Waals surface area (Å²) in [5, 5.41) is 1.65. The van der Waals surface area contributed by atoms with Crippen molar-refractivity contribution in [2.75, 3.05) is 18.2 Å². The van der Waals surface area contributed by atoms with E-state index in [-0.39, 0.29) is 13.0 Å². The molecule has 0 atom stereocenters. The number of carbonyl (C=O) groups excluding carboxylic acids is 1. The predicted molar refractivity (Wildman–Crippen MR) is 88.7 cm³/mol.